The molecule has 0 spiro atoms. The molecule has 98 valence electrons. The number of rotatable bonds is 3. The number of phenols is 1. The van der Waals surface area contributed by atoms with Crippen molar-refractivity contribution in [3.8, 4) is 5.75 Å². The summed E-state index contributed by atoms with van der Waals surface area (Å²) in [5, 5.41) is 9.78. The topological polar surface area (TPSA) is 40.5 Å². The highest BCUT2D eigenvalue weighted by Gasteiger charge is 2.27. The number of benzene rings is 1. The van der Waals surface area contributed by atoms with Gasteiger partial charge in [-0.15, -0.1) is 0 Å². The van der Waals surface area contributed by atoms with Gasteiger partial charge in [0.25, 0.3) is 5.91 Å². The Kier molecular flexibility index (Phi) is 4.48. The molecule has 0 saturated carbocycles. The quantitative estimate of drug-likeness (QED) is 0.842. The Morgan fingerprint density at radius 2 is 2.33 bits per heavy atom. The van der Waals surface area contributed by atoms with E-state index in [1.165, 1.54) is 12.8 Å². The van der Waals surface area contributed by atoms with Gasteiger partial charge in [-0.1, -0.05) is 13.3 Å². The minimum atomic E-state index is -0.0374. The molecule has 1 aromatic carbocycles. The second kappa shape index (κ2) is 5.91. The van der Waals surface area contributed by atoms with Crippen LogP contribution in [0.15, 0.2) is 18.2 Å². The van der Waals surface area contributed by atoms with Gasteiger partial charge in [0.15, 0.2) is 0 Å². The third-order valence-electron chi connectivity index (χ3n) is 3.46. The van der Waals surface area contributed by atoms with Gasteiger partial charge in [-0.2, -0.15) is 0 Å². The summed E-state index contributed by atoms with van der Waals surface area (Å²) < 4.78 is 0.970. The van der Waals surface area contributed by atoms with E-state index in [9.17, 15) is 9.90 Å². The fraction of sp³-hybridized carbons (Fsp3) is 0.500. The molecule has 1 amide bonds. The van der Waals surface area contributed by atoms with Gasteiger partial charge < -0.3 is 10.0 Å². The third-order valence-corrected chi connectivity index (χ3v) is 4.13. The van der Waals surface area contributed by atoms with Crippen LogP contribution in [0.3, 0.4) is 0 Å². The van der Waals surface area contributed by atoms with Crippen molar-refractivity contribution in [3.63, 3.8) is 0 Å². The highest BCUT2D eigenvalue weighted by Crippen LogP contribution is 2.26. The lowest BCUT2D eigenvalue weighted by Gasteiger charge is -2.17. The van der Waals surface area contributed by atoms with Crippen LogP contribution in [0.2, 0.25) is 0 Å². The molecule has 4 heteroatoms. The summed E-state index contributed by atoms with van der Waals surface area (Å²) in [4.78, 5) is 14.2. The van der Waals surface area contributed by atoms with Crippen LogP contribution >= 0.6 is 22.6 Å². The number of carbonyl (C=O) groups is 1. The van der Waals surface area contributed by atoms with E-state index in [2.05, 4.69) is 29.5 Å². The number of carbonyl (C=O) groups excluding carboxylic acids is 1. The van der Waals surface area contributed by atoms with Crippen LogP contribution in [-0.2, 0) is 0 Å². The number of halogens is 1. The van der Waals surface area contributed by atoms with Gasteiger partial charge in [0.2, 0.25) is 0 Å². The molecule has 18 heavy (non-hydrogen) atoms. The summed E-state index contributed by atoms with van der Waals surface area (Å²) in [5.74, 6) is 0.674. The number of likely N-dealkylation sites (tertiary alicyclic amines) is 1. The number of amides is 1. The van der Waals surface area contributed by atoms with E-state index in [0.717, 1.165) is 23.1 Å². The molecule has 3 nitrogen and oxygen atoms in total. The SMILES string of the molecule is CCCC1CCN(C(=O)c2cc(I)ccc2O)C1. The van der Waals surface area contributed by atoms with E-state index < -0.39 is 0 Å². The van der Waals surface area contributed by atoms with Gasteiger partial charge in [-0.3, -0.25) is 4.79 Å². The predicted octanol–water partition coefficient (Wildman–Crippen LogP) is 3.26. The normalized spacial score (nSPS) is 19.2. The molecule has 0 radical (unpaired) electrons. The lowest BCUT2D eigenvalue weighted by atomic mass is 10.0. The standard InChI is InChI=1S/C14H18INO2/c1-2-3-10-6-7-16(9-10)14(18)12-8-11(15)4-5-13(12)17/h4-5,8,10,17H,2-3,6-7,9H2,1H3. The van der Waals surface area contributed by atoms with Crippen LogP contribution in [0.5, 0.6) is 5.75 Å². The summed E-state index contributed by atoms with van der Waals surface area (Å²) in [6.45, 7) is 3.82. The van der Waals surface area contributed by atoms with E-state index in [1.54, 1.807) is 18.2 Å². The Morgan fingerprint density at radius 3 is 3.06 bits per heavy atom. The molecule has 0 bridgehead atoms. The first kappa shape index (κ1) is 13.6. The van der Waals surface area contributed by atoms with Crippen LogP contribution in [0.1, 0.15) is 36.5 Å². The Bertz CT molecular complexity index is 447. The van der Waals surface area contributed by atoms with Crippen LogP contribution in [-0.4, -0.2) is 29.0 Å². The molecule has 1 aromatic rings. The molecular weight excluding hydrogens is 341 g/mol. The summed E-state index contributed by atoms with van der Waals surface area (Å²) >= 11 is 2.15. The lowest BCUT2D eigenvalue weighted by Crippen LogP contribution is -2.28. The Labute approximate surface area is 121 Å². The van der Waals surface area contributed by atoms with Crippen molar-refractivity contribution in [2.45, 2.75) is 26.2 Å². The lowest BCUT2D eigenvalue weighted by molar-refractivity contribution is 0.0783. The highest BCUT2D eigenvalue weighted by molar-refractivity contribution is 14.1. The van der Waals surface area contributed by atoms with E-state index in [1.807, 2.05) is 4.90 Å². The second-order valence-corrected chi connectivity index (χ2v) is 6.10. The number of nitrogens with zero attached hydrogens (tertiary/aromatic N) is 1. The van der Waals surface area contributed by atoms with E-state index in [4.69, 9.17) is 0 Å². The van der Waals surface area contributed by atoms with Gasteiger partial charge in [0.1, 0.15) is 5.75 Å². The summed E-state index contributed by atoms with van der Waals surface area (Å²) in [7, 11) is 0. The molecule has 1 saturated heterocycles. The molecule has 0 aliphatic carbocycles. The maximum absolute atomic E-state index is 12.3. The van der Waals surface area contributed by atoms with Gasteiger partial charge in [-0.05, 0) is 59.5 Å². The third kappa shape index (κ3) is 2.96. The van der Waals surface area contributed by atoms with Crippen LogP contribution < -0.4 is 0 Å². The van der Waals surface area contributed by atoms with Crippen molar-refractivity contribution < 1.29 is 9.90 Å². The molecule has 0 aromatic heterocycles. The molecule has 1 aliphatic rings. The first-order chi connectivity index (χ1) is 8.61. The van der Waals surface area contributed by atoms with Crippen molar-refractivity contribution in [2.75, 3.05) is 13.1 Å². The van der Waals surface area contributed by atoms with Crippen molar-refractivity contribution >= 4 is 28.5 Å². The van der Waals surface area contributed by atoms with Gasteiger partial charge in [0.05, 0.1) is 5.56 Å². The summed E-state index contributed by atoms with van der Waals surface area (Å²) in [5.41, 5.74) is 0.430. The zero-order valence-electron chi connectivity index (χ0n) is 10.5. The van der Waals surface area contributed by atoms with Gasteiger partial charge in [-0.25, -0.2) is 0 Å². The predicted molar refractivity (Wildman–Crippen MR) is 79.7 cm³/mol. The van der Waals surface area contributed by atoms with Crippen LogP contribution in [0.25, 0.3) is 0 Å². The van der Waals surface area contributed by atoms with Crippen molar-refractivity contribution in [1.82, 2.24) is 4.90 Å². The monoisotopic (exact) mass is 359 g/mol. The largest absolute Gasteiger partial charge is 0.507 e. The summed E-state index contributed by atoms with van der Waals surface area (Å²) in [6.07, 6.45) is 3.44. The highest BCUT2D eigenvalue weighted by atomic mass is 127. The van der Waals surface area contributed by atoms with Crippen molar-refractivity contribution in [1.29, 1.82) is 0 Å². The van der Waals surface area contributed by atoms with Crippen molar-refractivity contribution in [2.24, 2.45) is 5.92 Å². The molecule has 2 rings (SSSR count). The van der Waals surface area contributed by atoms with Crippen LogP contribution in [0.4, 0.5) is 0 Å². The molecule has 1 fully saturated rings. The molecule has 1 N–H and O–H groups in total. The van der Waals surface area contributed by atoms with E-state index >= 15 is 0 Å². The number of hydrogen-bond donors (Lipinski definition) is 1. The fourth-order valence-corrected chi connectivity index (χ4v) is 3.00. The minimum absolute atomic E-state index is 0.0374. The smallest absolute Gasteiger partial charge is 0.257 e. The maximum atomic E-state index is 12.3. The maximum Gasteiger partial charge on any atom is 0.257 e. The first-order valence-electron chi connectivity index (χ1n) is 6.39. The average Bonchev–Trinajstić information content (AvgIpc) is 2.80. The molecule has 1 heterocycles. The van der Waals surface area contributed by atoms with E-state index in [0.29, 0.717) is 11.5 Å². The van der Waals surface area contributed by atoms with Crippen molar-refractivity contribution in [3.05, 3.63) is 27.3 Å². The second-order valence-electron chi connectivity index (χ2n) is 4.86. The molecular formula is C14H18INO2. The zero-order chi connectivity index (χ0) is 13.1. The number of aromatic hydroxyl groups is 1. The van der Waals surface area contributed by atoms with Crippen LogP contribution in [0, 0.1) is 9.49 Å². The molecule has 1 aliphatic heterocycles. The minimum Gasteiger partial charge on any atom is -0.507 e. The Morgan fingerprint density at radius 1 is 1.56 bits per heavy atom. The first-order valence-corrected chi connectivity index (χ1v) is 7.47. The Balaban J connectivity index is 2.10. The van der Waals surface area contributed by atoms with Gasteiger partial charge >= 0.3 is 0 Å². The van der Waals surface area contributed by atoms with E-state index in [-0.39, 0.29) is 11.7 Å². The Hall–Kier alpha value is -0.780. The van der Waals surface area contributed by atoms with Gasteiger partial charge in [0, 0.05) is 16.7 Å². The zero-order valence-corrected chi connectivity index (χ0v) is 12.7. The molecule has 1 atom stereocenters. The average molecular weight is 359 g/mol. The number of phenolic OH excluding ortho intramolecular Hbond substituents is 1. The fourth-order valence-electron chi connectivity index (χ4n) is 2.51. The summed E-state index contributed by atoms with van der Waals surface area (Å²) in [6, 6.07) is 5.15. The number of hydrogen-bond acceptors (Lipinski definition) is 2. The molecule has 1 unspecified atom stereocenters.